The summed E-state index contributed by atoms with van der Waals surface area (Å²) in [5, 5.41) is 1.16. The number of fused-ring (bicyclic) bond motifs is 1. The largest absolute Gasteiger partial charge is 0.378 e. The SMILES string of the molecule is C1=CCN(c2cc(N3CCOCC3)nc3c(C4=CC=NC4)nccc23)C1. The van der Waals surface area contributed by atoms with Crippen molar-refractivity contribution in [2.24, 2.45) is 4.99 Å². The smallest absolute Gasteiger partial charge is 0.131 e. The molecule has 0 aromatic carbocycles. The maximum absolute atomic E-state index is 5.52. The predicted octanol–water partition coefficient (Wildman–Crippen LogP) is 2.31. The van der Waals surface area contributed by atoms with Gasteiger partial charge in [0.15, 0.2) is 0 Å². The van der Waals surface area contributed by atoms with E-state index in [2.05, 4.69) is 44.1 Å². The lowest BCUT2D eigenvalue weighted by Crippen LogP contribution is -2.37. The Balaban J connectivity index is 1.69. The molecule has 2 aromatic rings. The number of ether oxygens (including phenoxy) is 1. The lowest BCUT2D eigenvalue weighted by atomic mass is 10.1. The van der Waals surface area contributed by atoms with Gasteiger partial charge in [0, 0.05) is 55.6 Å². The highest BCUT2D eigenvalue weighted by Crippen LogP contribution is 2.34. The first-order valence-corrected chi connectivity index (χ1v) is 9.12. The Hall–Kier alpha value is -2.73. The van der Waals surface area contributed by atoms with E-state index in [-0.39, 0.29) is 0 Å². The van der Waals surface area contributed by atoms with Crippen LogP contribution in [0.3, 0.4) is 0 Å². The first kappa shape index (κ1) is 15.5. The average Bonchev–Trinajstić information content (AvgIpc) is 3.41. The van der Waals surface area contributed by atoms with Crippen LogP contribution in [0.2, 0.25) is 0 Å². The molecule has 1 fully saturated rings. The fourth-order valence-corrected chi connectivity index (χ4v) is 3.75. The summed E-state index contributed by atoms with van der Waals surface area (Å²) in [4.78, 5) is 18.7. The summed E-state index contributed by atoms with van der Waals surface area (Å²) in [5.41, 5.74) is 4.27. The number of aliphatic imine (C=N–C) groups is 1. The van der Waals surface area contributed by atoms with Crippen LogP contribution in [0.15, 0.2) is 41.6 Å². The number of nitrogens with zero attached hydrogens (tertiary/aromatic N) is 5. The minimum absolute atomic E-state index is 0.677. The molecule has 6 heteroatoms. The molecular formula is C20H21N5O. The predicted molar refractivity (Wildman–Crippen MR) is 105 cm³/mol. The van der Waals surface area contributed by atoms with Gasteiger partial charge in [-0.25, -0.2) is 4.98 Å². The maximum atomic E-state index is 5.52. The molecule has 1 saturated heterocycles. The highest BCUT2D eigenvalue weighted by molar-refractivity contribution is 6.01. The van der Waals surface area contributed by atoms with Crippen molar-refractivity contribution in [2.75, 3.05) is 55.7 Å². The van der Waals surface area contributed by atoms with Crippen molar-refractivity contribution in [1.82, 2.24) is 9.97 Å². The van der Waals surface area contributed by atoms with Crippen LogP contribution in [0.5, 0.6) is 0 Å². The summed E-state index contributed by atoms with van der Waals surface area (Å²) in [6.45, 7) is 5.79. The number of morpholine rings is 1. The number of aromatic nitrogens is 2. The van der Waals surface area contributed by atoms with Crippen molar-refractivity contribution >= 4 is 34.2 Å². The molecule has 0 saturated carbocycles. The zero-order valence-corrected chi connectivity index (χ0v) is 14.6. The number of pyridine rings is 2. The van der Waals surface area contributed by atoms with Gasteiger partial charge in [0.05, 0.1) is 31.1 Å². The summed E-state index contributed by atoms with van der Waals surface area (Å²) in [5.74, 6) is 1.01. The third kappa shape index (κ3) is 2.66. The van der Waals surface area contributed by atoms with Gasteiger partial charge < -0.3 is 14.5 Å². The van der Waals surface area contributed by atoms with Gasteiger partial charge in [-0.1, -0.05) is 12.2 Å². The van der Waals surface area contributed by atoms with Gasteiger partial charge in [0.25, 0.3) is 0 Å². The van der Waals surface area contributed by atoms with Crippen LogP contribution in [0.1, 0.15) is 5.69 Å². The Labute approximate surface area is 152 Å². The highest BCUT2D eigenvalue weighted by atomic mass is 16.5. The molecule has 5 rings (SSSR count). The van der Waals surface area contributed by atoms with Crippen LogP contribution < -0.4 is 9.80 Å². The molecule has 0 radical (unpaired) electrons. The quantitative estimate of drug-likeness (QED) is 0.798. The molecule has 0 amide bonds. The minimum Gasteiger partial charge on any atom is -0.378 e. The van der Waals surface area contributed by atoms with E-state index >= 15 is 0 Å². The molecule has 3 aliphatic rings. The van der Waals surface area contributed by atoms with Crippen molar-refractivity contribution in [3.05, 3.63) is 42.3 Å². The van der Waals surface area contributed by atoms with E-state index in [1.54, 1.807) is 0 Å². The van der Waals surface area contributed by atoms with Gasteiger partial charge in [0.2, 0.25) is 0 Å². The van der Waals surface area contributed by atoms with Crippen LogP contribution >= 0.6 is 0 Å². The van der Waals surface area contributed by atoms with Gasteiger partial charge in [-0.2, -0.15) is 0 Å². The lowest BCUT2D eigenvalue weighted by molar-refractivity contribution is 0.122. The molecule has 0 bridgehead atoms. The minimum atomic E-state index is 0.677. The normalized spacial score (nSPS) is 19.6. The average molecular weight is 347 g/mol. The number of allylic oxidation sites excluding steroid dienone is 1. The van der Waals surface area contributed by atoms with Crippen molar-refractivity contribution in [1.29, 1.82) is 0 Å². The van der Waals surface area contributed by atoms with Crippen molar-refractivity contribution in [2.45, 2.75) is 0 Å². The van der Waals surface area contributed by atoms with E-state index in [0.717, 1.165) is 67.4 Å². The Bertz CT molecular complexity index is 919. The van der Waals surface area contributed by atoms with E-state index in [1.807, 2.05) is 18.5 Å². The monoisotopic (exact) mass is 347 g/mol. The molecule has 6 nitrogen and oxygen atoms in total. The van der Waals surface area contributed by atoms with Crippen LogP contribution in [-0.2, 0) is 4.74 Å². The zero-order valence-electron chi connectivity index (χ0n) is 14.6. The van der Waals surface area contributed by atoms with Gasteiger partial charge in [0.1, 0.15) is 11.3 Å². The van der Waals surface area contributed by atoms with Crippen LogP contribution in [0.4, 0.5) is 11.5 Å². The summed E-state index contributed by atoms with van der Waals surface area (Å²) in [6, 6.07) is 4.31. The first-order valence-electron chi connectivity index (χ1n) is 9.12. The second-order valence-corrected chi connectivity index (χ2v) is 6.71. The molecule has 0 N–H and O–H groups in total. The molecule has 0 aliphatic carbocycles. The highest BCUT2D eigenvalue weighted by Gasteiger charge is 2.21. The first-order chi connectivity index (χ1) is 12.9. The van der Waals surface area contributed by atoms with Gasteiger partial charge in [-0.15, -0.1) is 0 Å². The fraction of sp³-hybridized carbons (Fsp3) is 0.350. The number of hydrogen-bond donors (Lipinski definition) is 0. The van der Waals surface area contributed by atoms with Gasteiger partial charge in [-0.3, -0.25) is 9.98 Å². The van der Waals surface area contributed by atoms with Crippen molar-refractivity contribution in [3.8, 4) is 0 Å². The van der Waals surface area contributed by atoms with Crippen LogP contribution in [-0.4, -0.2) is 62.1 Å². The third-order valence-corrected chi connectivity index (χ3v) is 5.13. The van der Waals surface area contributed by atoms with E-state index in [0.29, 0.717) is 6.54 Å². The van der Waals surface area contributed by atoms with Crippen molar-refractivity contribution in [3.63, 3.8) is 0 Å². The summed E-state index contributed by atoms with van der Waals surface area (Å²) < 4.78 is 5.52. The Morgan fingerprint density at radius 3 is 2.65 bits per heavy atom. The van der Waals surface area contributed by atoms with E-state index in [9.17, 15) is 0 Å². The molecule has 26 heavy (non-hydrogen) atoms. The Morgan fingerprint density at radius 1 is 1.04 bits per heavy atom. The molecule has 3 aliphatic heterocycles. The Morgan fingerprint density at radius 2 is 1.88 bits per heavy atom. The molecule has 0 atom stereocenters. The molecule has 132 valence electrons. The molecule has 2 aromatic heterocycles. The topological polar surface area (TPSA) is 53.9 Å². The van der Waals surface area contributed by atoms with Crippen LogP contribution in [0.25, 0.3) is 16.5 Å². The summed E-state index contributed by atoms with van der Waals surface area (Å²) in [6.07, 6.45) is 10.2. The van der Waals surface area contributed by atoms with E-state index in [1.165, 1.54) is 5.69 Å². The lowest BCUT2D eigenvalue weighted by Gasteiger charge is -2.30. The van der Waals surface area contributed by atoms with Crippen molar-refractivity contribution < 1.29 is 4.74 Å². The zero-order chi connectivity index (χ0) is 17.3. The van der Waals surface area contributed by atoms with E-state index < -0.39 is 0 Å². The fourth-order valence-electron chi connectivity index (χ4n) is 3.75. The van der Waals surface area contributed by atoms with Gasteiger partial charge >= 0.3 is 0 Å². The number of hydrogen-bond acceptors (Lipinski definition) is 6. The second kappa shape index (κ2) is 6.53. The molecule has 0 unspecified atom stereocenters. The number of anilines is 2. The Kier molecular flexibility index (Phi) is 3.90. The second-order valence-electron chi connectivity index (χ2n) is 6.71. The van der Waals surface area contributed by atoms with Crippen LogP contribution in [0, 0.1) is 0 Å². The molecule has 5 heterocycles. The molecule has 0 spiro atoms. The van der Waals surface area contributed by atoms with E-state index in [4.69, 9.17) is 9.72 Å². The standard InChI is InChI=1S/C20H21N5O/c1-2-8-24(7-1)17-13-18(25-9-11-26-12-10-25)23-20-16(17)4-6-22-19(20)15-3-5-21-14-15/h1-6,13H,7-12,14H2. The molecular weight excluding hydrogens is 326 g/mol. The summed E-state index contributed by atoms with van der Waals surface area (Å²) >= 11 is 0. The third-order valence-electron chi connectivity index (χ3n) is 5.13. The number of rotatable bonds is 3. The summed E-state index contributed by atoms with van der Waals surface area (Å²) in [7, 11) is 0. The van der Waals surface area contributed by atoms with Gasteiger partial charge in [-0.05, 0) is 12.1 Å². The maximum Gasteiger partial charge on any atom is 0.131 e.